The average molecular weight is 1770 g/mol. The third-order valence-electron chi connectivity index (χ3n) is 18.1. The summed E-state index contributed by atoms with van der Waals surface area (Å²) in [5.74, 6) is 2.50. The molecule has 0 unspecified atom stereocenters. The Morgan fingerprint density at radius 2 is 0.804 bits per heavy atom. The first-order chi connectivity index (χ1) is 53.5. The minimum absolute atomic E-state index is 0. The molecule has 6 aromatic carbocycles. The van der Waals surface area contributed by atoms with E-state index in [1.165, 1.54) is 119 Å². The lowest BCUT2D eigenvalue weighted by Gasteiger charge is -2.17. The first-order valence-electron chi connectivity index (χ1n) is 35.4. The smallest absolute Gasteiger partial charge is 0.269 e. The number of rotatable bonds is 29. The van der Waals surface area contributed by atoms with Crippen molar-refractivity contribution in [1.29, 1.82) is 0 Å². The van der Waals surface area contributed by atoms with Gasteiger partial charge in [-0.3, -0.25) is 45.3 Å². The maximum atomic E-state index is 11.2. The van der Waals surface area contributed by atoms with Crippen molar-refractivity contribution in [2.45, 2.75) is 138 Å². The fraction of sp³-hybridized carbons (Fsp3) is 0.299. The van der Waals surface area contributed by atoms with Crippen LogP contribution in [0.25, 0.3) is 11.3 Å². The number of ketones is 1. The van der Waals surface area contributed by atoms with Crippen molar-refractivity contribution < 1.29 is 34.7 Å². The van der Waals surface area contributed by atoms with E-state index >= 15 is 0 Å². The van der Waals surface area contributed by atoms with Gasteiger partial charge in [0, 0.05) is 110 Å². The topological polar surface area (TPSA) is 409 Å². The predicted molar refractivity (Wildman–Crippen MR) is 456 cm³/mol. The molecule has 0 bridgehead atoms. The number of hydrogen-bond donors (Lipinski definition) is 8. The fourth-order valence-electron chi connectivity index (χ4n) is 11.4. The number of nitrogens with zero attached hydrogens (tertiary/aromatic N) is 9. The van der Waals surface area contributed by atoms with Gasteiger partial charge in [-0.05, 0) is 147 Å². The van der Waals surface area contributed by atoms with Crippen LogP contribution in [0, 0.1) is 40.5 Å². The Kier molecular flexibility index (Phi) is 31.2. The molecule has 26 nitrogen and oxygen atoms in total. The van der Waals surface area contributed by atoms with Crippen LogP contribution in [0.2, 0.25) is 0 Å². The molecule has 0 amide bonds. The van der Waals surface area contributed by atoms with Crippen molar-refractivity contribution in [2.75, 3.05) is 10.6 Å². The first-order valence-corrected chi connectivity index (χ1v) is 41.7. The molecule has 4 fully saturated rings. The van der Waals surface area contributed by atoms with Crippen molar-refractivity contribution >= 4 is 158 Å². The van der Waals surface area contributed by atoms with Gasteiger partial charge in [-0.2, -0.15) is 0 Å². The highest BCUT2D eigenvalue weighted by Crippen LogP contribution is 2.45. The van der Waals surface area contributed by atoms with Crippen LogP contribution in [0.3, 0.4) is 0 Å². The van der Waals surface area contributed by atoms with Gasteiger partial charge in [-0.1, -0.05) is 101 Å². The van der Waals surface area contributed by atoms with Crippen molar-refractivity contribution in [3.63, 3.8) is 0 Å². The van der Waals surface area contributed by atoms with Gasteiger partial charge in [0.25, 0.3) is 22.7 Å². The number of aromatic nitrogens is 5. The molecule has 112 heavy (non-hydrogen) atoms. The van der Waals surface area contributed by atoms with Crippen LogP contribution in [0.5, 0.6) is 0 Å². The molecule has 584 valence electrons. The molecule has 35 heteroatoms. The summed E-state index contributed by atoms with van der Waals surface area (Å²) >= 11 is 21.3. The molecule has 4 atom stereocenters. The summed E-state index contributed by atoms with van der Waals surface area (Å²) in [6.07, 6.45) is 12.2. The number of nitro groups is 4. The highest BCUT2D eigenvalue weighted by Gasteiger charge is 2.32. The minimum Gasteiger partial charge on any atom is -0.392 e. The quantitative estimate of drug-likeness (QED) is 0.00709. The number of thiocarbonyl (C=S) groups is 2. The number of nitro benzene ring substituents is 4. The van der Waals surface area contributed by atoms with Crippen LogP contribution < -0.4 is 33.2 Å². The summed E-state index contributed by atoms with van der Waals surface area (Å²) < 4.78 is 0. The molecular formula is C77H79Br2N15O11S7. The summed E-state index contributed by atoms with van der Waals surface area (Å²) in [5, 5.41) is 87.4. The predicted octanol–water partition coefficient (Wildman–Crippen LogP) is 17.5. The van der Waals surface area contributed by atoms with Gasteiger partial charge in [0.2, 0.25) is 0 Å². The lowest BCUT2D eigenvalue weighted by molar-refractivity contribution is -0.385. The summed E-state index contributed by atoms with van der Waals surface area (Å²) in [6.45, 7) is -0.0308. The Morgan fingerprint density at radius 1 is 0.464 bits per heavy atom. The number of aliphatic hydroxyl groups is 2. The number of aliphatic hydroxyl groups excluding tert-OH is 2. The van der Waals surface area contributed by atoms with E-state index in [0.29, 0.717) is 60.2 Å². The third kappa shape index (κ3) is 25.6. The number of Topliss-reactive ketones (excluding diaryl/α,β-unsaturated/α-hetero) is 1. The number of alkyl halides is 1. The number of carbonyl (C=O) groups is 1. The molecule has 5 heterocycles. The van der Waals surface area contributed by atoms with E-state index in [4.69, 9.17) is 66.7 Å². The van der Waals surface area contributed by atoms with Gasteiger partial charge in [-0.25, -0.2) is 24.9 Å². The number of hydrogen-bond acceptors (Lipinski definition) is 25. The van der Waals surface area contributed by atoms with E-state index in [2.05, 4.69) is 42.2 Å². The summed E-state index contributed by atoms with van der Waals surface area (Å²) in [4.78, 5) is 76.3. The summed E-state index contributed by atoms with van der Waals surface area (Å²) in [6, 6.07) is 40.4. The first kappa shape index (κ1) is 85.2. The van der Waals surface area contributed by atoms with Crippen molar-refractivity contribution in [3.05, 3.63) is 295 Å². The highest BCUT2D eigenvalue weighted by atomic mass is 79.9. The molecule has 11 aromatic rings. The molecule has 4 aliphatic carbocycles. The van der Waals surface area contributed by atoms with E-state index in [-0.39, 0.29) is 98.0 Å². The second-order valence-electron chi connectivity index (χ2n) is 26.8. The van der Waals surface area contributed by atoms with Crippen LogP contribution in [0.1, 0.15) is 186 Å². The van der Waals surface area contributed by atoms with E-state index < -0.39 is 14.8 Å². The zero-order chi connectivity index (χ0) is 78.7. The number of anilines is 1. The molecule has 0 aliphatic heterocycles. The lowest BCUT2D eigenvalue weighted by atomic mass is 10.0. The maximum Gasteiger partial charge on any atom is 0.269 e. The molecule has 4 aliphatic rings. The third-order valence-corrected chi connectivity index (χ3v) is 23.7. The standard InChI is InChI=1S/C24H22N4O3S2.2C15H16N4O2S2.C14H15N3O2S.C9H9BrO2.BrH/c29-12-16-2-1-3-18(10-16)21-13-33-24(27-21)26-20(22-14-32-23(25-22)17-6-7-17)11-15-4-8-19(9-5-15)28(30)31;2*16-15(22)18-12(13-8-23-14(17-13)10-3-4-10)7-9-1-5-11(6-2-9)19(20)21;15-12(13-8-20-14(16-13)10-3-4-10)7-9-1-5-11(6-2-9)17(18)19;10-5-9(12)8-3-1-2-7(4-8)6-11;/h1-5,8-10,13-14,17,20,29H,6-7,11-12H2,(H,26,27);2*1-2,5-6,8,10,12H,3-4,7H2,(H3,16,18,22);1-2,5-6,8,10,12H,3-4,7,15H2;1-4,11H,5-6H2;1H/t20-;3*12-;;/m0000../s1. The van der Waals surface area contributed by atoms with Gasteiger partial charge in [0.1, 0.15) is 0 Å². The largest absolute Gasteiger partial charge is 0.392 e. The van der Waals surface area contributed by atoms with Gasteiger partial charge >= 0.3 is 0 Å². The molecule has 4 saturated carbocycles. The van der Waals surface area contributed by atoms with Gasteiger partial charge in [-0.15, -0.1) is 73.7 Å². The fourth-order valence-corrected chi connectivity index (χ4v) is 17.0. The normalized spacial score (nSPS) is 14.3. The number of halogens is 2. The van der Waals surface area contributed by atoms with Gasteiger partial charge < -0.3 is 43.4 Å². The maximum absolute atomic E-state index is 11.2. The van der Waals surface area contributed by atoms with E-state index in [9.17, 15) is 50.4 Å². The number of nitrogens with two attached hydrogens (primary N) is 3. The lowest BCUT2D eigenvalue weighted by Crippen LogP contribution is -2.34. The van der Waals surface area contributed by atoms with E-state index in [0.717, 1.165) is 72.5 Å². The van der Waals surface area contributed by atoms with Crippen LogP contribution in [0.15, 0.2) is 172 Å². The van der Waals surface area contributed by atoms with Crippen LogP contribution in [-0.4, -0.2) is 76.2 Å². The summed E-state index contributed by atoms with van der Waals surface area (Å²) in [7, 11) is 0. The molecule has 0 radical (unpaired) electrons. The van der Waals surface area contributed by atoms with Crippen molar-refractivity contribution in [2.24, 2.45) is 17.2 Å². The molecular weight excluding hydrogens is 1700 g/mol. The van der Waals surface area contributed by atoms with E-state index in [1.807, 2.05) is 45.8 Å². The van der Waals surface area contributed by atoms with Crippen LogP contribution >= 0.6 is 114 Å². The molecule has 5 aromatic heterocycles. The Bertz CT molecular complexity index is 4890. The van der Waals surface area contributed by atoms with Crippen molar-refractivity contribution in [1.82, 2.24) is 35.6 Å². The second kappa shape index (κ2) is 41.0. The van der Waals surface area contributed by atoms with Gasteiger partial charge in [0.15, 0.2) is 21.1 Å². The zero-order valence-electron chi connectivity index (χ0n) is 59.9. The monoisotopic (exact) mass is 1770 g/mol. The Hall–Kier alpha value is -9.24. The zero-order valence-corrected chi connectivity index (χ0v) is 69.0. The highest BCUT2D eigenvalue weighted by molar-refractivity contribution is 9.09. The summed E-state index contributed by atoms with van der Waals surface area (Å²) in [5.41, 5.74) is 29.5. The minimum atomic E-state index is -0.406. The Morgan fingerprint density at radius 3 is 1.16 bits per heavy atom. The van der Waals surface area contributed by atoms with Crippen LogP contribution in [0.4, 0.5) is 27.9 Å². The average Bonchev–Trinajstić information content (AvgIpc) is 1.68. The van der Waals surface area contributed by atoms with Crippen LogP contribution in [-0.2, 0) is 38.9 Å². The van der Waals surface area contributed by atoms with Crippen molar-refractivity contribution in [3.8, 4) is 11.3 Å². The number of non-ortho nitro benzene ring substituents is 4. The Balaban J connectivity index is 0.000000153. The Labute approximate surface area is 694 Å². The number of nitrogens with one attached hydrogen (secondary N) is 3. The number of carbonyl (C=O) groups excluding carboxylic acids is 1. The number of thiazole rings is 5. The van der Waals surface area contributed by atoms with E-state index in [1.54, 1.807) is 130 Å². The second-order valence-corrected chi connectivity index (χ2v) is 32.6. The molecule has 0 spiro atoms. The van der Waals surface area contributed by atoms with Gasteiger partial charge in [0.05, 0.1) is 111 Å². The molecule has 11 N–H and O–H groups in total. The molecule has 15 rings (SSSR count). The SMILES string of the molecule is Br.NC(=S)N[C@@H](Cc1ccc([N+](=O)[O-])cc1)c1csc(C2CC2)n1.NC(=S)N[C@@H](Cc1ccc([N+](=O)[O-])cc1)c1csc(C2CC2)n1.N[C@@H](Cc1ccc([N+](=O)[O-])cc1)c1csc(C2CC2)n1.O=C(CBr)c1cccc(CO)c1.O=[N+]([O-])c1ccc(C[C@H](Nc2nc(-c3cccc(CO)c3)cs2)c2csc(C3CC3)n2)cc1. The number of benzene rings is 6. The molecule has 0 saturated heterocycles.